The van der Waals surface area contributed by atoms with Crippen molar-refractivity contribution in [1.29, 1.82) is 0 Å². The average molecular weight is 381 g/mol. The fourth-order valence-corrected chi connectivity index (χ4v) is 2.67. The van der Waals surface area contributed by atoms with E-state index in [-0.39, 0.29) is 17.5 Å². The van der Waals surface area contributed by atoms with Crippen LogP contribution in [0.15, 0.2) is 18.2 Å². The molecule has 0 spiro atoms. The predicted molar refractivity (Wildman–Crippen MR) is 99.4 cm³/mol. The Morgan fingerprint density at radius 1 is 1.22 bits per heavy atom. The Kier molecular flexibility index (Phi) is 6.84. The molecule has 0 aromatic heterocycles. The molecule has 0 aliphatic carbocycles. The smallest absolute Gasteiger partial charge is 0.410 e. The van der Waals surface area contributed by atoms with Crippen LogP contribution in [-0.2, 0) is 4.74 Å². The van der Waals surface area contributed by atoms with Crippen molar-refractivity contribution in [1.82, 2.24) is 9.80 Å². The highest BCUT2D eigenvalue weighted by Gasteiger charge is 2.25. The summed E-state index contributed by atoms with van der Waals surface area (Å²) in [6.07, 6.45) is -0.281. The van der Waals surface area contributed by atoms with Crippen molar-refractivity contribution in [3.05, 3.63) is 28.3 Å². The SMILES string of the molecule is COc1cc(OCCN2CCN(C(=O)OC(C)(C)C)CC2)ccc1[N+](=O)[O-]. The van der Waals surface area contributed by atoms with Crippen LogP contribution in [0.1, 0.15) is 20.8 Å². The van der Waals surface area contributed by atoms with Crippen molar-refractivity contribution in [3.63, 3.8) is 0 Å². The Hall–Kier alpha value is -2.55. The summed E-state index contributed by atoms with van der Waals surface area (Å²) in [6, 6.07) is 4.44. The molecule has 0 saturated carbocycles. The van der Waals surface area contributed by atoms with E-state index in [0.29, 0.717) is 32.0 Å². The van der Waals surface area contributed by atoms with Crippen LogP contribution < -0.4 is 9.47 Å². The molecule has 1 aromatic carbocycles. The second-order valence-corrected chi connectivity index (χ2v) is 7.25. The van der Waals surface area contributed by atoms with Crippen molar-refractivity contribution >= 4 is 11.8 Å². The highest BCUT2D eigenvalue weighted by Crippen LogP contribution is 2.30. The number of amides is 1. The second kappa shape index (κ2) is 8.90. The minimum absolute atomic E-state index is 0.0943. The number of benzene rings is 1. The van der Waals surface area contributed by atoms with Crippen LogP contribution >= 0.6 is 0 Å². The Balaban J connectivity index is 1.76. The van der Waals surface area contributed by atoms with Gasteiger partial charge in [-0.2, -0.15) is 0 Å². The van der Waals surface area contributed by atoms with Crippen LogP contribution in [0.2, 0.25) is 0 Å². The maximum Gasteiger partial charge on any atom is 0.410 e. The number of nitrogens with zero attached hydrogens (tertiary/aromatic N) is 3. The van der Waals surface area contributed by atoms with E-state index in [1.54, 1.807) is 11.0 Å². The van der Waals surface area contributed by atoms with Gasteiger partial charge in [-0.15, -0.1) is 0 Å². The van der Waals surface area contributed by atoms with Crippen LogP contribution in [0, 0.1) is 10.1 Å². The van der Waals surface area contributed by atoms with E-state index < -0.39 is 10.5 Å². The highest BCUT2D eigenvalue weighted by molar-refractivity contribution is 5.68. The van der Waals surface area contributed by atoms with Crippen LogP contribution in [0.4, 0.5) is 10.5 Å². The molecular weight excluding hydrogens is 354 g/mol. The first-order valence-electron chi connectivity index (χ1n) is 8.85. The zero-order valence-corrected chi connectivity index (χ0v) is 16.3. The Morgan fingerprint density at radius 3 is 2.44 bits per heavy atom. The quantitative estimate of drug-likeness (QED) is 0.552. The summed E-state index contributed by atoms with van der Waals surface area (Å²) in [7, 11) is 1.39. The van der Waals surface area contributed by atoms with E-state index >= 15 is 0 Å². The largest absolute Gasteiger partial charge is 0.492 e. The fourth-order valence-electron chi connectivity index (χ4n) is 2.67. The molecule has 0 unspecified atom stereocenters. The number of piperazine rings is 1. The molecule has 0 bridgehead atoms. The summed E-state index contributed by atoms with van der Waals surface area (Å²) in [5, 5.41) is 10.9. The van der Waals surface area contributed by atoms with E-state index in [1.165, 1.54) is 19.2 Å². The van der Waals surface area contributed by atoms with Crippen molar-refractivity contribution in [3.8, 4) is 11.5 Å². The van der Waals surface area contributed by atoms with Gasteiger partial charge < -0.3 is 19.1 Å². The molecule has 1 fully saturated rings. The van der Waals surface area contributed by atoms with Crippen LogP contribution in [-0.4, -0.2) is 72.9 Å². The molecule has 0 radical (unpaired) electrons. The normalized spacial score (nSPS) is 15.3. The number of nitro benzene ring substituents is 1. The van der Waals surface area contributed by atoms with Gasteiger partial charge in [-0.05, 0) is 26.8 Å². The third kappa shape index (κ3) is 6.28. The van der Waals surface area contributed by atoms with Crippen molar-refractivity contribution in [2.45, 2.75) is 26.4 Å². The van der Waals surface area contributed by atoms with E-state index in [2.05, 4.69) is 4.90 Å². The molecule has 27 heavy (non-hydrogen) atoms. The van der Waals surface area contributed by atoms with Gasteiger partial charge in [0.2, 0.25) is 5.75 Å². The number of ether oxygens (including phenoxy) is 3. The minimum Gasteiger partial charge on any atom is -0.492 e. The molecule has 1 aliphatic heterocycles. The molecule has 0 atom stereocenters. The zero-order chi connectivity index (χ0) is 20.0. The summed E-state index contributed by atoms with van der Waals surface area (Å²) in [5.74, 6) is 0.688. The Morgan fingerprint density at radius 2 is 1.89 bits per heavy atom. The summed E-state index contributed by atoms with van der Waals surface area (Å²) < 4.78 is 16.1. The molecule has 1 heterocycles. The monoisotopic (exact) mass is 381 g/mol. The third-order valence-electron chi connectivity index (χ3n) is 4.05. The summed E-state index contributed by atoms with van der Waals surface area (Å²) in [6.45, 7) is 9.40. The number of nitro groups is 1. The number of hydrogen-bond acceptors (Lipinski definition) is 7. The van der Waals surface area contributed by atoms with Gasteiger partial charge in [-0.25, -0.2) is 4.79 Å². The summed E-state index contributed by atoms with van der Waals surface area (Å²) in [5.41, 5.74) is -0.587. The van der Waals surface area contributed by atoms with Gasteiger partial charge in [-0.3, -0.25) is 15.0 Å². The van der Waals surface area contributed by atoms with Crippen LogP contribution in [0.5, 0.6) is 11.5 Å². The molecule has 0 N–H and O–H groups in total. The van der Waals surface area contributed by atoms with Crippen molar-refractivity contribution in [2.24, 2.45) is 0 Å². The molecule has 1 aliphatic rings. The van der Waals surface area contributed by atoms with Crippen LogP contribution in [0.3, 0.4) is 0 Å². The first-order valence-corrected chi connectivity index (χ1v) is 8.85. The molecule has 9 nitrogen and oxygen atoms in total. The highest BCUT2D eigenvalue weighted by atomic mass is 16.6. The number of carbonyl (C=O) groups excluding carboxylic acids is 1. The molecular formula is C18H27N3O6. The maximum atomic E-state index is 12.1. The van der Waals surface area contributed by atoms with Gasteiger partial charge in [0, 0.05) is 44.9 Å². The van der Waals surface area contributed by atoms with E-state index in [1.807, 2.05) is 20.8 Å². The molecule has 150 valence electrons. The standard InChI is InChI=1S/C18H27N3O6/c1-18(2,3)27-17(22)20-9-7-19(8-10-20)11-12-26-14-5-6-15(21(23)24)16(13-14)25-4/h5-6,13H,7-12H2,1-4H3. The predicted octanol–water partition coefficient (Wildman–Crippen LogP) is 2.53. The van der Waals surface area contributed by atoms with E-state index in [9.17, 15) is 14.9 Å². The number of hydrogen-bond donors (Lipinski definition) is 0. The topological polar surface area (TPSA) is 94.4 Å². The van der Waals surface area contributed by atoms with Gasteiger partial charge in [0.25, 0.3) is 0 Å². The second-order valence-electron chi connectivity index (χ2n) is 7.25. The first-order chi connectivity index (χ1) is 12.7. The molecule has 9 heteroatoms. The van der Waals surface area contributed by atoms with Gasteiger partial charge in [0.15, 0.2) is 0 Å². The van der Waals surface area contributed by atoms with Crippen molar-refractivity contribution < 1.29 is 23.9 Å². The van der Waals surface area contributed by atoms with E-state index in [0.717, 1.165) is 13.1 Å². The maximum absolute atomic E-state index is 12.1. The third-order valence-corrected chi connectivity index (χ3v) is 4.05. The molecule has 1 aromatic rings. The van der Waals surface area contributed by atoms with Gasteiger partial charge >= 0.3 is 11.8 Å². The molecule has 2 rings (SSSR count). The van der Waals surface area contributed by atoms with E-state index in [4.69, 9.17) is 14.2 Å². The lowest BCUT2D eigenvalue weighted by molar-refractivity contribution is -0.385. The lowest BCUT2D eigenvalue weighted by atomic mass is 10.2. The Labute approximate surface area is 158 Å². The lowest BCUT2D eigenvalue weighted by Crippen LogP contribution is -2.50. The fraction of sp³-hybridized carbons (Fsp3) is 0.611. The van der Waals surface area contributed by atoms with Gasteiger partial charge in [-0.1, -0.05) is 0 Å². The van der Waals surface area contributed by atoms with Gasteiger partial charge in [0.1, 0.15) is 18.0 Å². The number of methoxy groups -OCH3 is 1. The molecule has 1 amide bonds. The summed E-state index contributed by atoms with van der Waals surface area (Å²) >= 11 is 0. The van der Waals surface area contributed by atoms with Gasteiger partial charge in [0.05, 0.1) is 12.0 Å². The Bertz CT molecular complexity index is 666. The lowest BCUT2D eigenvalue weighted by Gasteiger charge is -2.35. The van der Waals surface area contributed by atoms with Crippen molar-refractivity contribution in [2.75, 3.05) is 46.4 Å². The zero-order valence-electron chi connectivity index (χ0n) is 16.3. The first kappa shape index (κ1) is 20.8. The minimum atomic E-state index is -0.493. The number of carbonyl (C=O) groups is 1. The van der Waals surface area contributed by atoms with Crippen LogP contribution in [0.25, 0.3) is 0 Å². The summed E-state index contributed by atoms with van der Waals surface area (Å²) in [4.78, 5) is 26.4. The molecule has 1 saturated heterocycles. The number of rotatable bonds is 6. The average Bonchev–Trinajstić information content (AvgIpc) is 2.60.